The Morgan fingerprint density at radius 2 is 1.94 bits per heavy atom. The zero-order valence-corrected chi connectivity index (χ0v) is 11.9. The molecule has 1 atom stereocenters. The highest BCUT2D eigenvalue weighted by Gasteiger charge is 2.41. The lowest BCUT2D eigenvalue weighted by molar-refractivity contribution is -0.145. The molecule has 4 heteroatoms. The van der Waals surface area contributed by atoms with Gasteiger partial charge in [-0.1, -0.05) is 13.8 Å². The number of hydrogen-bond acceptors (Lipinski definition) is 3. The van der Waals surface area contributed by atoms with E-state index in [9.17, 15) is 4.79 Å². The molecule has 18 heavy (non-hydrogen) atoms. The zero-order valence-electron chi connectivity index (χ0n) is 11.9. The minimum Gasteiger partial charge on any atom is -0.340 e. The Morgan fingerprint density at radius 1 is 1.22 bits per heavy atom. The van der Waals surface area contributed by atoms with Gasteiger partial charge in [0.2, 0.25) is 5.91 Å². The van der Waals surface area contributed by atoms with E-state index in [1.165, 1.54) is 0 Å². The maximum atomic E-state index is 12.8. The molecule has 2 fully saturated rings. The molecule has 0 bridgehead atoms. The topological polar surface area (TPSA) is 35.6 Å². The van der Waals surface area contributed by atoms with Gasteiger partial charge >= 0.3 is 0 Å². The molecule has 0 aliphatic carbocycles. The molecule has 0 radical (unpaired) electrons. The summed E-state index contributed by atoms with van der Waals surface area (Å²) in [6.45, 7) is 11.3. The number of rotatable bonds is 3. The summed E-state index contributed by atoms with van der Waals surface area (Å²) >= 11 is 0. The molecule has 0 aromatic carbocycles. The van der Waals surface area contributed by atoms with Gasteiger partial charge in [0.1, 0.15) is 0 Å². The monoisotopic (exact) mass is 253 g/mol. The average Bonchev–Trinajstić information content (AvgIpc) is 2.47. The zero-order chi connectivity index (χ0) is 13.0. The fraction of sp³-hybridized carbons (Fsp3) is 0.929. The van der Waals surface area contributed by atoms with Crippen LogP contribution >= 0.6 is 0 Å². The number of amides is 1. The Hall–Kier alpha value is -0.610. The predicted molar refractivity (Wildman–Crippen MR) is 73.5 cm³/mol. The summed E-state index contributed by atoms with van der Waals surface area (Å²) in [5.74, 6) is 0.396. The van der Waals surface area contributed by atoms with E-state index in [-0.39, 0.29) is 5.41 Å². The molecule has 0 saturated carbocycles. The molecule has 0 aromatic heterocycles. The van der Waals surface area contributed by atoms with Crippen LogP contribution in [0.25, 0.3) is 0 Å². The molecule has 1 amide bonds. The van der Waals surface area contributed by atoms with Gasteiger partial charge in [-0.15, -0.1) is 0 Å². The van der Waals surface area contributed by atoms with E-state index in [2.05, 4.69) is 29.0 Å². The van der Waals surface area contributed by atoms with Crippen LogP contribution in [0.1, 0.15) is 33.1 Å². The molecule has 0 spiro atoms. The van der Waals surface area contributed by atoms with Crippen molar-refractivity contribution < 1.29 is 4.79 Å². The second kappa shape index (κ2) is 6.02. The van der Waals surface area contributed by atoms with Crippen molar-refractivity contribution in [2.45, 2.75) is 33.1 Å². The van der Waals surface area contributed by atoms with Crippen LogP contribution in [0.5, 0.6) is 0 Å². The first-order valence-electron chi connectivity index (χ1n) is 7.44. The standard InChI is InChI=1S/C14H27N3O/c1-3-14(6-5-7-15-12-14)13(18)17-10-8-16(4-2)9-11-17/h15H,3-12H2,1-2H3. The number of likely N-dealkylation sites (N-methyl/N-ethyl adjacent to an activating group) is 1. The molecule has 1 unspecified atom stereocenters. The number of nitrogens with one attached hydrogen (secondary N) is 1. The molecule has 2 saturated heterocycles. The summed E-state index contributed by atoms with van der Waals surface area (Å²) in [5, 5.41) is 3.41. The van der Waals surface area contributed by atoms with Crippen molar-refractivity contribution in [3.8, 4) is 0 Å². The number of piperazine rings is 1. The SMILES string of the molecule is CCN1CCN(C(=O)C2(CC)CCCNC2)CC1. The maximum Gasteiger partial charge on any atom is 0.230 e. The van der Waals surface area contributed by atoms with Crippen molar-refractivity contribution in [1.82, 2.24) is 15.1 Å². The van der Waals surface area contributed by atoms with Gasteiger partial charge in [0, 0.05) is 32.7 Å². The fourth-order valence-electron chi connectivity index (χ4n) is 3.21. The summed E-state index contributed by atoms with van der Waals surface area (Å²) in [7, 11) is 0. The van der Waals surface area contributed by atoms with E-state index in [1.54, 1.807) is 0 Å². The third-order valence-corrected chi connectivity index (χ3v) is 4.71. The Morgan fingerprint density at radius 3 is 2.44 bits per heavy atom. The van der Waals surface area contributed by atoms with Crippen LogP contribution in [0, 0.1) is 5.41 Å². The van der Waals surface area contributed by atoms with Crippen LogP contribution in [0.2, 0.25) is 0 Å². The molecule has 4 nitrogen and oxygen atoms in total. The van der Waals surface area contributed by atoms with Gasteiger partial charge in [-0.25, -0.2) is 0 Å². The van der Waals surface area contributed by atoms with Crippen molar-refractivity contribution >= 4 is 5.91 Å². The van der Waals surface area contributed by atoms with Gasteiger partial charge in [0.05, 0.1) is 5.41 Å². The molecule has 0 aromatic rings. The molecule has 1 N–H and O–H groups in total. The summed E-state index contributed by atoms with van der Waals surface area (Å²) in [6.07, 6.45) is 3.16. The average molecular weight is 253 g/mol. The number of hydrogen-bond donors (Lipinski definition) is 1. The summed E-state index contributed by atoms with van der Waals surface area (Å²) in [6, 6.07) is 0. The second-order valence-corrected chi connectivity index (χ2v) is 5.64. The van der Waals surface area contributed by atoms with E-state index in [0.29, 0.717) is 5.91 Å². The van der Waals surface area contributed by atoms with Crippen molar-refractivity contribution in [3.63, 3.8) is 0 Å². The number of carbonyl (C=O) groups is 1. The number of nitrogens with zero attached hydrogens (tertiary/aromatic N) is 2. The minimum absolute atomic E-state index is 0.118. The third-order valence-electron chi connectivity index (χ3n) is 4.71. The molecular weight excluding hydrogens is 226 g/mol. The lowest BCUT2D eigenvalue weighted by Crippen LogP contribution is -2.56. The molecule has 2 heterocycles. The largest absolute Gasteiger partial charge is 0.340 e. The quantitative estimate of drug-likeness (QED) is 0.813. The first-order valence-corrected chi connectivity index (χ1v) is 7.44. The highest BCUT2D eigenvalue weighted by molar-refractivity contribution is 5.83. The summed E-state index contributed by atoms with van der Waals surface area (Å²) in [4.78, 5) is 17.3. The Bertz CT molecular complexity index is 279. The Labute approximate surface area is 111 Å². The predicted octanol–water partition coefficient (Wildman–Crippen LogP) is 0.930. The van der Waals surface area contributed by atoms with E-state index < -0.39 is 0 Å². The molecule has 2 rings (SSSR count). The fourth-order valence-corrected chi connectivity index (χ4v) is 3.21. The van der Waals surface area contributed by atoms with Crippen molar-refractivity contribution in [1.29, 1.82) is 0 Å². The number of piperidine rings is 1. The van der Waals surface area contributed by atoms with Gasteiger partial charge in [0.15, 0.2) is 0 Å². The van der Waals surface area contributed by atoms with E-state index in [4.69, 9.17) is 0 Å². The summed E-state index contributed by atoms with van der Waals surface area (Å²) < 4.78 is 0. The normalized spacial score (nSPS) is 30.4. The second-order valence-electron chi connectivity index (χ2n) is 5.64. The first kappa shape index (κ1) is 13.8. The minimum atomic E-state index is -0.118. The van der Waals surface area contributed by atoms with Gasteiger partial charge < -0.3 is 15.1 Å². The van der Waals surface area contributed by atoms with Crippen molar-refractivity contribution in [2.75, 3.05) is 45.8 Å². The number of carbonyl (C=O) groups excluding carboxylic acids is 1. The highest BCUT2D eigenvalue weighted by Crippen LogP contribution is 2.32. The van der Waals surface area contributed by atoms with Crippen LogP contribution in [-0.2, 0) is 4.79 Å². The molecule has 2 aliphatic rings. The summed E-state index contributed by atoms with van der Waals surface area (Å²) in [5.41, 5.74) is -0.118. The maximum absolute atomic E-state index is 12.8. The van der Waals surface area contributed by atoms with Crippen LogP contribution < -0.4 is 5.32 Å². The van der Waals surface area contributed by atoms with Gasteiger partial charge in [-0.2, -0.15) is 0 Å². The Balaban J connectivity index is 1.97. The van der Waals surface area contributed by atoms with E-state index in [0.717, 1.165) is 65.1 Å². The molecular formula is C14H27N3O. The van der Waals surface area contributed by atoms with Gasteiger partial charge in [-0.3, -0.25) is 4.79 Å². The smallest absolute Gasteiger partial charge is 0.230 e. The van der Waals surface area contributed by atoms with Crippen LogP contribution in [0.15, 0.2) is 0 Å². The lowest BCUT2D eigenvalue weighted by Gasteiger charge is -2.42. The van der Waals surface area contributed by atoms with Crippen LogP contribution in [0.3, 0.4) is 0 Å². The van der Waals surface area contributed by atoms with Gasteiger partial charge in [-0.05, 0) is 32.4 Å². The van der Waals surface area contributed by atoms with Crippen LogP contribution in [0.4, 0.5) is 0 Å². The van der Waals surface area contributed by atoms with Crippen molar-refractivity contribution in [3.05, 3.63) is 0 Å². The Kier molecular flexibility index (Phi) is 4.62. The first-order chi connectivity index (χ1) is 8.72. The van der Waals surface area contributed by atoms with E-state index in [1.807, 2.05) is 0 Å². The van der Waals surface area contributed by atoms with Crippen molar-refractivity contribution in [2.24, 2.45) is 5.41 Å². The molecule has 2 aliphatic heterocycles. The third kappa shape index (κ3) is 2.69. The van der Waals surface area contributed by atoms with Crippen LogP contribution in [-0.4, -0.2) is 61.5 Å². The van der Waals surface area contributed by atoms with Gasteiger partial charge in [0.25, 0.3) is 0 Å². The highest BCUT2D eigenvalue weighted by atomic mass is 16.2. The van der Waals surface area contributed by atoms with E-state index >= 15 is 0 Å². The molecule has 104 valence electrons. The lowest BCUT2D eigenvalue weighted by atomic mass is 9.77.